The molecule has 0 radical (unpaired) electrons. The normalized spacial score (nSPS) is 15.6. The number of nitrogen functional groups attached to an aromatic ring is 1. The van der Waals surface area contributed by atoms with Crippen molar-refractivity contribution in [3.63, 3.8) is 0 Å². The molecular weight excluding hydrogens is 254 g/mol. The summed E-state index contributed by atoms with van der Waals surface area (Å²) < 4.78 is 11.8. The van der Waals surface area contributed by atoms with Crippen LogP contribution in [0.1, 0.15) is 25.2 Å². The largest absolute Gasteiger partial charge is 0.483 e. The Morgan fingerprint density at radius 3 is 2.85 bits per heavy atom. The molecule has 0 bridgehead atoms. The maximum Gasteiger partial charge on any atom is 0.224 e. The van der Waals surface area contributed by atoms with Gasteiger partial charge in [-0.1, -0.05) is 12.1 Å². The van der Waals surface area contributed by atoms with Crippen molar-refractivity contribution >= 4 is 5.82 Å². The number of ether oxygens (including phenoxy) is 2. The molecule has 2 heterocycles. The van der Waals surface area contributed by atoms with E-state index >= 15 is 0 Å². The molecule has 1 aromatic heterocycles. The summed E-state index contributed by atoms with van der Waals surface area (Å²) in [5.74, 6) is 2.84. The Morgan fingerprint density at radius 1 is 1.30 bits per heavy atom. The number of hydrogen-bond donors (Lipinski definition) is 1. The fraction of sp³-hybridized carbons (Fsp3) is 0.333. The number of aromatic nitrogens is 2. The lowest BCUT2D eigenvalue weighted by atomic mass is 10.0. The minimum atomic E-state index is -0.206. The Balaban J connectivity index is 1.95. The number of nitrogens with two attached hydrogens (primary N) is 1. The molecule has 0 amide bonds. The van der Waals surface area contributed by atoms with Crippen molar-refractivity contribution < 1.29 is 9.47 Å². The topological polar surface area (TPSA) is 70.3 Å². The number of para-hydroxylation sites is 1. The van der Waals surface area contributed by atoms with E-state index in [2.05, 4.69) is 29.9 Å². The van der Waals surface area contributed by atoms with Crippen molar-refractivity contribution in [1.82, 2.24) is 9.97 Å². The molecule has 0 atom stereocenters. The van der Waals surface area contributed by atoms with Crippen LogP contribution in [0.25, 0.3) is 0 Å². The van der Waals surface area contributed by atoms with Gasteiger partial charge in [0.2, 0.25) is 5.88 Å². The molecule has 5 heteroatoms. The quantitative estimate of drug-likeness (QED) is 0.909. The van der Waals surface area contributed by atoms with Gasteiger partial charge in [0.25, 0.3) is 0 Å². The van der Waals surface area contributed by atoms with E-state index in [1.807, 2.05) is 12.1 Å². The summed E-state index contributed by atoms with van der Waals surface area (Å²) in [6.45, 7) is 5.89. The van der Waals surface area contributed by atoms with Crippen LogP contribution < -0.4 is 15.2 Å². The number of benzene rings is 1. The molecule has 104 valence electrons. The summed E-state index contributed by atoms with van der Waals surface area (Å²) in [4.78, 5) is 8.25. The van der Waals surface area contributed by atoms with E-state index < -0.39 is 0 Å². The number of fused-ring (bicyclic) bond motifs is 1. The predicted octanol–water partition coefficient (Wildman–Crippen LogP) is 2.87. The SMILES string of the molecule is Cc1nc(N)cc(Oc2cccc3c2OC(C)(C)C3)n1. The van der Waals surface area contributed by atoms with Crippen LogP contribution in [0, 0.1) is 6.92 Å². The number of aryl methyl sites for hydroxylation is 1. The van der Waals surface area contributed by atoms with Crippen molar-refractivity contribution in [3.05, 3.63) is 35.7 Å². The summed E-state index contributed by atoms with van der Waals surface area (Å²) in [5.41, 5.74) is 6.65. The fourth-order valence-corrected chi connectivity index (χ4v) is 2.40. The molecule has 5 nitrogen and oxygen atoms in total. The maximum absolute atomic E-state index is 5.96. The Bertz CT molecular complexity index is 648. The lowest BCUT2D eigenvalue weighted by molar-refractivity contribution is 0.135. The smallest absolute Gasteiger partial charge is 0.224 e. The molecule has 20 heavy (non-hydrogen) atoms. The van der Waals surface area contributed by atoms with Crippen molar-refractivity contribution in [1.29, 1.82) is 0 Å². The monoisotopic (exact) mass is 271 g/mol. The number of hydrogen-bond acceptors (Lipinski definition) is 5. The molecule has 0 spiro atoms. The number of anilines is 1. The predicted molar refractivity (Wildman–Crippen MR) is 76.1 cm³/mol. The van der Waals surface area contributed by atoms with Crippen LogP contribution >= 0.6 is 0 Å². The zero-order valence-corrected chi connectivity index (χ0v) is 11.8. The van der Waals surface area contributed by atoms with Crippen molar-refractivity contribution in [2.75, 3.05) is 5.73 Å². The zero-order valence-electron chi connectivity index (χ0n) is 11.8. The van der Waals surface area contributed by atoms with Crippen molar-refractivity contribution in [2.24, 2.45) is 0 Å². The first kappa shape index (κ1) is 12.7. The molecule has 1 aliphatic heterocycles. The van der Waals surface area contributed by atoms with E-state index in [0.29, 0.717) is 23.3 Å². The molecule has 2 aromatic rings. The second-order valence-corrected chi connectivity index (χ2v) is 5.56. The van der Waals surface area contributed by atoms with Gasteiger partial charge in [0.05, 0.1) is 0 Å². The Labute approximate surface area is 117 Å². The fourth-order valence-electron chi connectivity index (χ4n) is 2.40. The van der Waals surface area contributed by atoms with Crippen LogP contribution in [0.15, 0.2) is 24.3 Å². The third kappa shape index (κ3) is 2.39. The standard InChI is InChI=1S/C15H17N3O2/c1-9-17-12(16)7-13(18-9)19-11-6-4-5-10-8-15(2,3)20-14(10)11/h4-7H,8H2,1-3H3,(H2,16,17,18). The first-order valence-electron chi connectivity index (χ1n) is 6.53. The minimum absolute atomic E-state index is 0.206. The third-order valence-corrected chi connectivity index (χ3v) is 3.10. The van der Waals surface area contributed by atoms with Crippen LogP contribution in [-0.2, 0) is 6.42 Å². The highest BCUT2D eigenvalue weighted by atomic mass is 16.5. The molecule has 3 rings (SSSR count). The van der Waals surface area contributed by atoms with Gasteiger partial charge in [0, 0.05) is 18.1 Å². The van der Waals surface area contributed by atoms with Gasteiger partial charge in [-0.3, -0.25) is 0 Å². The van der Waals surface area contributed by atoms with Gasteiger partial charge in [0.15, 0.2) is 11.5 Å². The van der Waals surface area contributed by atoms with Crippen molar-refractivity contribution in [2.45, 2.75) is 32.8 Å². The van der Waals surface area contributed by atoms with E-state index in [-0.39, 0.29) is 5.60 Å². The molecule has 0 fully saturated rings. The Kier molecular flexibility index (Phi) is 2.78. The summed E-state index contributed by atoms with van der Waals surface area (Å²) >= 11 is 0. The molecule has 0 saturated carbocycles. The Hall–Kier alpha value is -2.30. The van der Waals surface area contributed by atoms with E-state index in [9.17, 15) is 0 Å². The summed E-state index contributed by atoms with van der Waals surface area (Å²) in [6.07, 6.45) is 0.866. The zero-order chi connectivity index (χ0) is 14.3. The molecular formula is C15H17N3O2. The van der Waals surface area contributed by atoms with Gasteiger partial charge in [-0.05, 0) is 26.8 Å². The van der Waals surface area contributed by atoms with Gasteiger partial charge in [-0.15, -0.1) is 0 Å². The number of rotatable bonds is 2. The summed E-state index contributed by atoms with van der Waals surface area (Å²) in [5, 5.41) is 0. The molecule has 2 N–H and O–H groups in total. The van der Waals surface area contributed by atoms with Crippen LogP contribution in [0.2, 0.25) is 0 Å². The van der Waals surface area contributed by atoms with Gasteiger partial charge in [0.1, 0.15) is 17.2 Å². The van der Waals surface area contributed by atoms with Gasteiger partial charge >= 0.3 is 0 Å². The van der Waals surface area contributed by atoms with Gasteiger partial charge < -0.3 is 15.2 Å². The molecule has 0 aliphatic carbocycles. The second kappa shape index (κ2) is 4.37. The highest BCUT2D eigenvalue weighted by molar-refractivity contribution is 5.51. The minimum Gasteiger partial charge on any atom is -0.483 e. The lowest BCUT2D eigenvalue weighted by Gasteiger charge is -2.18. The summed E-state index contributed by atoms with van der Waals surface area (Å²) in [6, 6.07) is 7.48. The average Bonchev–Trinajstić information content (AvgIpc) is 2.63. The summed E-state index contributed by atoms with van der Waals surface area (Å²) in [7, 11) is 0. The number of nitrogens with zero attached hydrogens (tertiary/aromatic N) is 2. The third-order valence-electron chi connectivity index (χ3n) is 3.10. The van der Waals surface area contributed by atoms with Gasteiger partial charge in [-0.25, -0.2) is 4.98 Å². The van der Waals surface area contributed by atoms with E-state index in [4.69, 9.17) is 15.2 Å². The van der Waals surface area contributed by atoms with Crippen LogP contribution in [0.3, 0.4) is 0 Å². The maximum atomic E-state index is 5.96. The lowest BCUT2D eigenvalue weighted by Crippen LogP contribution is -2.24. The first-order chi connectivity index (χ1) is 9.43. The molecule has 0 saturated heterocycles. The second-order valence-electron chi connectivity index (χ2n) is 5.56. The van der Waals surface area contributed by atoms with Crippen LogP contribution in [0.5, 0.6) is 17.4 Å². The Morgan fingerprint density at radius 2 is 2.10 bits per heavy atom. The molecule has 1 aromatic carbocycles. The van der Waals surface area contributed by atoms with Gasteiger partial charge in [-0.2, -0.15) is 4.98 Å². The average molecular weight is 271 g/mol. The van der Waals surface area contributed by atoms with Crippen molar-refractivity contribution in [3.8, 4) is 17.4 Å². The van der Waals surface area contributed by atoms with E-state index in [1.165, 1.54) is 0 Å². The first-order valence-corrected chi connectivity index (χ1v) is 6.53. The molecule has 0 unspecified atom stereocenters. The highest BCUT2D eigenvalue weighted by Gasteiger charge is 2.32. The van der Waals surface area contributed by atoms with Crippen LogP contribution in [-0.4, -0.2) is 15.6 Å². The van der Waals surface area contributed by atoms with Crippen LogP contribution in [0.4, 0.5) is 5.82 Å². The van der Waals surface area contributed by atoms with E-state index in [0.717, 1.165) is 17.7 Å². The molecule has 1 aliphatic rings. The van der Waals surface area contributed by atoms with E-state index in [1.54, 1.807) is 13.0 Å². The highest BCUT2D eigenvalue weighted by Crippen LogP contribution is 2.43.